The van der Waals surface area contributed by atoms with E-state index in [1.54, 1.807) is 6.20 Å². The first kappa shape index (κ1) is 10.5. The van der Waals surface area contributed by atoms with Crippen LogP contribution in [-0.2, 0) is 0 Å². The first-order chi connectivity index (χ1) is 7.65. The van der Waals surface area contributed by atoms with E-state index >= 15 is 0 Å². The molecular formula is C11H14N4O. The topological polar surface area (TPSA) is 58.4 Å². The van der Waals surface area contributed by atoms with E-state index < -0.39 is 0 Å². The molecule has 0 atom stereocenters. The van der Waals surface area contributed by atoms with Gasteiger partial charge in [0.15, 0.2) is 0 Å². The second kappa shape index (κ2) is 4.22. The first-order valence-electron chi connectivity index (χ1n) is 5.15. The summed E-state index contributed by atoms with van der Waals surface area (Å²) in [6, 6.07) is 3.60. The minimum absolute atomic E-state index is 0.122. The second-order valence-corrected chi connectivity index (χ2v) is 3.86. The number of carbonyl (C=O) groups is 1. The summed E-state index contributed by atoms with van der Waals surface area (Å²) in [6.45, 7) is 3.83. The van der Waals surface area contributed by atoms with Crippen molar-refractivity contribution >= 4 is 17.4 Å². The molecule has 0 spiro atoms. The molecular weight excluding hydrogens is 204 g/mol. The largest absolute Gasteiger partial charge is 0.336 e. The Morgan fingerprint density at radius 3 is 3.00 bits per heavy atom. The fraction of sp³-hybridized carbons (Fsp3) is 0.273. The van der Waals surface area contributed by atoms with Crippen LogP contribution in [0.5, 0.6) is 0 Å². The maximum atomic E-state index is 11.5. The van der Waals surface area contributed by atoms with E-state index in [2.05, 4.69) is 15.6 Å². The number of carbonyl (C=O) groups excluding carboxylic acids is 1. The predicted octanol–water partition coefficient (Wildman–Crippen LogP) is 1.86. The molecule has 5 heteroatoms. The van der Waals surface area contributed by atoms with Crippen LogP contribution in [0, 0.1) is 0 Å². The molecule has 2 aromatic heterocycles. The van der Waals surface area contributed by atoms with Crippen molar-refractivity contribution in [2.75, 3.05) is 5.32 Å². The predicted molar refractivity (Wildman–Crippen MR) is 62.5 cm³/mol. The van der Waals surface area contributed by atoms with Crippen LogP contribution < -0.4 is 10.6 Å². The van der Waals surface area contributed by atoms with Gasteiger partial charge in [0.1, 0.15) is 5.65 Å². The van der Waals surface area contributed by atoms with E-state index in [4.69, 9.17) is 0 Å². The van der Waals surface area contributed by atoms with Crippen LogP contribution in [0.2, 0.25) is 0 Å². The number of nitrogens with one attached hydrogen (secondary N) is 2. The summed E-state index contributed by atoms with van der Waals surface area (Å²) in [7, 11) is 0. The normalized spacial score (nSPS) is 10.7. The molecule has 0 fully saturated rings. The van der Waals surface area contributed by atoms with Gasteiger partial charge in [0, 0.05) is 24.6 Å². The molecule has 0 aromatic carbocycles. The summed E-state index contributed by atoms with van der Waals surface area (Å²) in [5, 5.41) is 5.51. The van der Waals surface area contributed by atoms with Crippen molar-refractivity contribution in [1.29, 1.82) is 0 Å². The average Bonchev–Trinajstić information content (AvgIpc) is 2.63. The SMILES string of the molecule is CC(C)NC(=O)Nc1ccc2nccn2c1. The van der Waals surface area contributed by atoms with Gasteiger partial charge in [0.2, 0.25) is 0 Å². The molecule has 0 aliphatic rings. The van der Waals surface area contributed by atoms with Gasteiger partial charge in [-0.3, -0.25) is 0 Å². The van der Waals surface area contributed by atoms with Gasteiger partial charge in [0.25, 0.3) is 0 Å². The number of nitrogens with zero attached hydrogens (tertiary/aromatic N) is 2. The van der Waals surface area contributed by atoms with Gasteiger partial charge in [-0.1, -0.05) is 0 Å². The smallest absolute Gasteiger partial charge is 0.319 e. The quantitative estimate of drug-likeness (QED) is 0.808. The molecule has 0 aliphatic heterocycles. The zero-order valence-electron chi connectivity index (χ0n) is 9.27. The van der Waals surface area contributed by atoms with E-state index in [-0.39, 0.29) is 12.1 Å². The highest BCUT2D eigenvalue weighted by atomic mass is 16.2. The third kappa shape index (κ3) is 2.31. The van der Waals surface area contributed by atoms with E-state index in [9.17, 15) is 4.79 Å². The average molecular weight is 218 g/mol. The lowest BCUT2D eigenvalue weighted by Crippen LogP contribution is -2.34. The van der Waals surface area contributed by atoms with Crippen molar-refractivity contribution in [2.24, 2.45) is 0 Å². The number of imidazole rings is 1. The van der Waals surface area contributed by atoms with Crippen molar-refractivity contribution in [3.05, 3.63) is 30.7 Å². The van der Waals surface area contributed by atoms with Crippen molar-refractivity contribution in [2.45, 2.75) is 19.9 Å². The maximum absolute atomic E-state index is 11.5. The van der Waals surface area contributed by atoms with Gasteiger partial charge >= 0.3 is 6.03 Å². The van der Waals surface area contributed by atoms with Gasteiger partial charge in [-0.2, -0.15) is 0 Å². The molecule has 0 radical (unpaired) electrons. The fourth-order valence-corrected chi connectivity index (χ4v) is 1.42. The van der Waals surface area contributed by atoms with Crippen LogP contribution in [0.25, 0.3) is 5.65 Å². The van der Waals surface area contributed by atoms with Crippen LogP contribution in [0.4, 0.5) is 10.5 Å². The highest BCUT2D eigenvalue weighted by molar-refractivity contribution is 5.89. The van der Waals surface area contributed by atoms with E-state index in [1.165, 1.54) is 0 Å². The van der Waals surface area contributed by atoms with Gasteiger partial charge in [-0.15, -0.1) is 0 Å². The van der Waals surface area contributed by atoms with Crippen LogP contribution in [0.1, 0.15) is 13.8 Å². The molecule has 0 unspecified atom stereocenters. The van der Waals surface area contributed by atoms with Gasteiger partial charge in [0.05, 0.1) is 5.69 Å². The van der Waals surface area contributed by atoms with Crippen LogP contribution in [0.15, 0.2) is 30.7 Å². The zero-order chi connectivity index (χ0) is 11.5. The Kier molecular flexibility index (Phi) is 2.76. The lowest BCUT2D eigenvalue weighted by atomic mass is 10.4. The summed E-state index contributed by atoms with van der Waals surface area (Å²) in [4.78, 5) is 15.6. The zero-order valence-corrected chi connectivity index (χ0v) is 9.27. The number of amides is 2. The van der Waals surface area contributed by atoms with Crippen LogP contribution in [-0.4, -0.2) is 21.5 Å². The number of rotatable bonds is 2. The molecule has 0 saturated carbocycles. The van der Waals surface area contributed by atoms with Crippen LogP contribution >= 0.6 is 0 Å². The summed E-state index contributed by atoms with van der Waals surface area (Å²) >= 11 is 0. The van der Waals surface area contributed by atoms with Crippen molar-refractivity contribution < 1.29 is 4.79 Å². The second-order valence-electron chi connectivity index (χ2n) is 3.86. The molecule has 2 aromatic rings. The standard InChI is InChI=1S/C11H14N4O/c1-8(2)13-11(16)14-9-3-4-10-12-5-6-15(10)7-9/h3-8H,1-2H3,(H2,13,14,16). The lowest BCUT2D eigenvalue weighted by molar-refractivity contribution is 0.250. The molecule has 2 amide bonds. The molecule has 84 valence electrons. The Bertz CT molecular complexity index is 503. The van der Waals surface area contributed by atoms with Gasteiger partial charge < -0.3 is 15.0 Å². The summed E-state index contributed by atoms with van der Waals surface area (Å²) in [5.74, 6) is 0. The molecule has 5 nitrogen and oxygen atoms in total. The van der Waals surface area contributed by atoms with E-state index in [0.29, 0.717) is 0 Å². The van der Waals surface area contributed by atoms with Gasteiger partial charge in [-0.05, 0) is 26.0 Å². The molecule has 2 rings (SSSR count). The number of anilines is 1. The third-order valence-corrected chi connectivity index (χ3v) is 2.07. The minimum Gasteiger partial charge on any atom is -0.336 e. The van der Waals surface area contributed by atoms with Crippen LogP contribution in [0.3, 0.4) is 0 Å². The Labute approximate surface area is 93.5 Å². The third-order valence-electron chi connectivity index (χ3n) is 2.07. The number of pyridine rings is 1. The summed E-state index contributed by atoms with van der Waals surface area (Å²) in [6.07, 6.45) is 5.37. The molecule has 2 heterocycles. The molecule has 16 heavy (non-hydrogen) atoms. The number of aromatic nitrogens is 2. The highest BCUT2D eigenvalue weighted by Gasteiger charge is 2.03. The van der Waals surface area contributed by atoms with Gasteiger partial charge in [-0.25, -0.2) is 9.78 Å². The van der Waals surface area contributed by atoms with Crippen molar-refractivity contribution in [1.82, 2.24) is 14.7 Å². The number of hydrogen-bond acceptors (Lipinski definition) is 2. The Balaban J connectivity index is 2.11. The number of fused-ring (bicyclic) bond motifs is 1. The molecule has 0 bridgehead atoms. The van der Waals surface area contributed by atoms with E-state index in [0.717, 1.165) is 11.3 Å². The summed E-state index contributed by atoms with van der Waals surface area (Å²) in [5.41, 5.74) is 1.60. The van der Waals surface area contributed by atoms with Crippen molar-refractivity contribution in [3.63, 3.8) is 0 Å². The number of urea groups is 1. The van der Waals surface area contributed by atoms with E-state index in [1.807, 2.05) is 42.8 Å². The lowest BCUT2D eigenvalue weighted by Gasteiger charge is -2.10. The Morgan fingerprint density at radius 2 is 2.25 bits per heavy atom. The Morgan fingerprint density at radius 1 is 1.44 bits per heavy atom. The molecule has 2 N–H and O–H groups in total. The minimum atomic E-state index is -0.200. The first-order valence-corrected chi connectivity index (χ1v) is 5.15. The fourth-order valence-electron chi connectivity index (χ4n) is 1.42. The number of hydrogen-bond donors (Lipinski definition) is 2. The Hall–Kier alpha value is -2.04. The highest BCUT2D eigenvalue weighted by Crippen LogP contribution is 2.09. The van der Waals surface area contributed by atoms with Crippen molar-refractivity contribution in [3.8, 4) is 0 Å². The molecule has 0 aliphatic carbocycles. The maximum Gasteiger partial charge on any atom is 0.319 e. The monoisotopic (exact) mass is 218 g/mol. The molecule has 0 saturated heterocycles. The summed E-state index contributed by atoms with van der Waals surface area (Å²) < 4.78 is 1.85.